The normalized spacial score (nSPS) is 20.6. The molecule has 1 nitrogen and oxygen atoms in total. The topological polar surface area (TPSA) is 3.24 Å². The first kappa shape index (κ1) is 10.8. The van der Waals surface area contributed by atoms with Gasteiger partial charge in [0.25, 0.3) is 0 Å². The van der Waals surface area contributed by atoms with Crippen LogP contribution in [0, 0.1) is 5.41 Å². The fourth-order valence-corrected chi connectivity index (χ4v) is 1.61. The van der Waals surface area contributed by atoms with E-state index in [2.05, 4.69) is 52.5 Å². The minimum atomic E-state index is 0.309. The molecule has 0 saturated heterocycles. The molecule has 0 atom stereocenters. The van der Waals surface area contributed by atoms with Crippen molar-refractivity contribution in [3.05, 3.63) is 11.6 Å². The van der Waals surface area contributed by atoms with Crippen molar-refractivity contribution in [1.29, 1.82) is 0 Å². The van der Waals surface area contributed by atoms with Crippen molar-refractivity contribution in [3.63, 3.8) is 0 Å². The molecule has 0 spiro atoms. The Balaban J connectivity index is 2.63. The summed E-state index contributed by atoms with van der Waals surface area (Å²) in [5.74, 6) is 0. The smallest absolute Gasteiger partial charge is 0.0207 e. The zero-order valence-corrected chi connectivity index (χ0v) is 9.94. The van der Waals surface area contributed by atoms with Crippen molar-refractivity contribution in [1.82, 2.24) is 4.90 Å². The summed E-state index contributed by atoms with van der Waals surface area (Å²) in [4.78, 5) is 2.52. The number of rotatable bonds is 0. The van der Waals surface area contributed by atoms with Gasteiger partial charge in [0.2, 0.25) is 0 Å². The average Bonchev–Trinajstić information content (AvgIpc) is 2.28. The molecule has 0 radical (unpaired) electrons. The van der Waals surface area contributed by atoms with Crippen LogP contribution in [0.4, 0.5) is 0 Å². The van der Waals surface area contributed by atoms with E-state index in [1.807, 2.05) is 0 Å². The van der Waals surface area contributed by atoms with Crippen LogP contribution in [0.5, 0.6) is 0 Å². The standard InChI is InChI=1S/C12H23N/c1-11(2,3)10-7-8-13(9-10)12(4,5)6/h7H,8-9H2,1-6H3. The zero-order valence-electron chi connectivity index (χ0n) is 9.94. The van der Waals surface area contributed by atoms with Crippen LogP contribution in [0.2, 0.25) is 0 Å². The van der Waals surface area contributed by atoms with E-state index in [0.29, 0.717) is 11.0 Å². The summed E-state index contributed by atoms with van der Waals surface area (Å²) < 4.78 is 0. The molecular weight excluding hydrogens is 158 g/mol. The van der Waals surface area contributed by atoms with Gasteiger partial charge in [-0.15, -0.1) is 0 Å². The highest BCUT2D eigenvalue weighted by Crippen LogP contribution is 2.31. The highest BCUT2D eigenvalue weighted by atomic mass is 15.2. The van der Waals surface area contributed by atoms with Crippen molar-refractivity contribution in [3.8, 4) is 0 Å². The van der Waals surface area contributed by atoms with Gasteiger partial charge in [0, 0.05) is 18.6 Å². The first-order valence-corrected chi connectivity index (χ1v) is 5.16. The van der Waals surface area contributed by atoms with Crippen LogP contribution in [0.1, 0.15) is 41.5 Å². The molecule has 0 aromatic rings. The second kappa shape index (κ2) is 3.13. The Labute approximate surface area is 82.8 Å². The number of hydrogen-bond acceptors (Lipinski definition) is 1. The maximum atomic E-state index is 2.52. The van der Waals surface area contributed by atoms with E-state index < -0.39 is 0 Å². The van der Waals surface area contributed by atoms with Crippen molar-refractivity contribution in [2.24, 2.45) is 5.41 Å². The molecule has 13 heavy (non-hydrogen) atoms. The van der Waals surface area contributed by atoms with Gasteiger partial charge in [0.05, 0.1) is 0 Å². The van der Waals surface area contributed by atoms with Crippen molar-refractivity contribution in [2.45, 2.75) is 47.1 Å². The summed E-state index contributed by atoms with van der Waals surface area (Å²) in [7, 11) is 0. The Morgan fingerprint density at radius 1 is 1.08 bits per heavy atom. The van der Waals surface area contributed by atoms with E-state index in [0.717, 1.165) is 13.1 Å². The first-order valence-electron chi connectivity index (χ1n) is 5.16. The predicted molar refractivity (Wildman–Crippen MR) is 58.9 cm³/mol. The summed E-state index contributed by atoms with van der Waals surface area (Å²) in [5.41, 5.74) is 2.24. The van der Waals surface area contributed by atoms with E-state index in [1.54, 1.807) is 5.57 Å². The van der Waals surface area contributed by atoms with E-state index in [-0.39, 0.29) is 0 Å². The van der Waals surface area contributed by atoms with Crippen LogP contribution >= 0.6 is 0 Å². The summed E-state index contributed by atoms with van der Waals surface area (Å²) in [6.45, 7) is 16.0. The van der Waals surface area contributed by atoms with Crippen molar-refractivity contribution >= 4 is 0 Å². The molecule has 1 aliphatic heterocycles. The van der Waals surface area contributed by atoms with E-state index in [1.165, 1.54) is 0 Å². The number of hydrogen-bond donors (Lipinski definition) is 0. The lowest BCUT2D eigenvalue weighted by molar-refractivity contribution is 0.176. The van der Waals surface area contributed by atoms with Crippen LogP contribution in [0.15, 0.2) is 11.6 Å². The largest absolute Gasteiger partial charge is 0.291 e. The van der Waals surface area contributed by atoms with E-state index in [4.69, 9.17) is 0 Å². The summed E-state index contributed by atoms with van der Waals surface area (Å²) >= 11 is 0. The highest BCUT2D eigenvalue weighted by molar-refractivity contribution is 5.19. The van der Waals surface area contributed by atoms with Gasteiger partial charge in [-0.05, 0) is 26.2 Å². The van der Waals surface area contributed by atoms with Crippen LogP contribution in [0.3, 0.4) is 0 Å². The third-order valence-electron chi connectivity index (χ3n) is 2.83. The summed E-state index contributed by atoms with van der Waals surface area (Å²) in [6.07, 6.45) is 2.39. The molecule has 1 heterocycles. The maximum absolute atomic E-state index is 2.52. The van der Waals surface area contributed by atoms with E-state index >= 15 is 0 Å². The molecule has 0 amide bonds. The Hall–Kier alpha value is -0.300. The Morgan fingerprint density at radius 2 is 1.62 bits per heavy atom. The third-order valence-corrected chi connectivity index (χ3v) is 2.83. The van der Waals surface area contributed by atoms with Gasteiger partial charge in [0.15, 0.2) is 0 Å². The second-order valence-electron chi connectivity index (χ2n) is 6.03. The van der Waals surface area contributed by atoms with Crippen molar-refractivity contribution < 1.29 is 0 Å². The summed E-state index contributed by atoms with van der Waals surface area (Å²) in [6, 6.07) is 0. The minimum Gasteiger partial charge on any atom is -0.291 e. The average molecular weight is 181 g/mol. The fourth-order valence-electron chi connectivity index (χ4n) is 1.61. The Bertz CT molecular complexity index is 212. The van der Waals surface area contributed by atoms with Gasteiger partial charge < -0.3 is 0 Å². The molecule has 0 aliphatic carbocycles. The SMILES string of the molecule is CC(C)(C)C1=CCN(C(C)(C)C)C1. The van der Waals surface area contributed by atoms with Crippen LogP contribution < -0.4 is 0 Å². The van der Waals surface area contributed by atoms with Crippen LogP contribution in [-0.2, 0) is 0 Å². The zero-order chi connectivity index (χ0) is 10.3. The van der Waals surface area contributed by atoms with Gasteiger partial charge in [-0.25, -0.2) is 0 Å². The molecule has 0 fully saturated rings. The van der Waals surface area contributed by atoms with Gasteiger partial charge >= 0.3 is 0 Å². The third kappa shape index (κ3) is 2.57. The molecule has 1 aliphatic rings. The molecule has 1 heteroatoms. The maximum Gasteiger partial charge on any atom is 0.0207 e. The molecule has 1 rings (SSSR count). The Kier molecular flexibility index (Phi) is 2.59. The molecule has 0 saturated carbocycles. The van der Waals surface area contributed by atoms with Crippen molar-refractivity contribution in [2.75, 3.05) is 13.1 Å². The van der Waals surface area contributed by atoms with Gasteiger partial charge in [-0.1, -0.05) is 32.4 Å². The molecule has 0 aromatic carbocycles. The lowest BCUT2D eigenvalue weighted by Gasteiger charge is -2.33. The van der Waals surface area contributed by atoms with Gasteiger partial charge in [-0.3, -0.25) is 4.90 Å². The van der Waals surface area contributed by atoms with Crippen LogP contribution in [-0.4, -0.2) is 23.5 Å². The monoisotopic (exact) mass is 181 g/mol. The minimum absolute atomic E-state index is 0.309. The lowest BCUT2D eigenvalue weighted by atomic mass is 9.87. The quantitative estimate of drug-likeness (QED) is 0.519. The predicted octanol–water partition coefficient (Wildman–Crippen LogP) is 3.07. The molecule has 0 unspecified atom stereocenters. The van der Waals surface area contributed by atoms with Crippen LogP contribution in [0.25, 0.3) is 0 Å². The first-order chi connectivity index (χ1) is 5.71. The van der Waals surface area contributed by atoms with Gasteiger partial charge in [-0.2, -0.15) is 0 Å². The molecule has 0 bridgehead atoms. The van der Waals surface area contributed by atoms with Gasteiger partial charge in [0.1, 0.15) is 0 Å². The molecule has 0 N–H and O–H groups in total. The Morgan fingerprint density at radius 3 is 1.85 bits per heavy atom. The molecule has 76 valence electrons. The molecular formula is C12H23N. The summed E-state index contributed by atoms with van der Waals surface area (Å²) in [5, 5.41) is 0. The number of nitrogens with zero attached hydrogens (tertiary/aromatic N) is 1. The van der Waals surface area contributed by atoms with E-state index in [9.17, 15) is 0 Å². The fraction of sp³-hybridized carbons (Fsp3) is 0.833. The molecule has 0 aromatic heterocycles. The highest BCUT2D eigenvalue weighted by Gasteiger charge is 2.29. The lowest BCUT2D eigenvalue weighted by Crippen LogP contribution is -2.40. The second-order valence-corrected chi connectivity index (χ2v) is 6.03.